The molecule has 5 nitrogen and oxygen atoms in total. The first-order valence-corrected chi connectivity index (χ1v) is 8.79. The second-order valence-corrected chi connectivity index (χ2v) is 7.21. The fourth-order valence-electron chi connectivity index (χ4n) is 2.40. The highest BCUT2D eigenvalue weighted by atomic mass is 32.2. The minimum Gasteiger partial charge on any atom is -0.310 e. The van der Waals surface area contributed by atoms with Crippen LogP contribution in [0.15, 0.2) is 53.7 Å². The first-order chi connectivity index (χ1) is 11.5. The predicted molar refractivity (Wildman–Crippen MR) is 98.3 cm³/mol. The topological polar surface area (TPSA) is 59.8 Å². The number of nitrogens with zero attached hydrogens (tertiary/aromatic N) is 3. The van der Waals surface area contributed by atoms with Gasteiger partial charge in [0.25, 0.3) is 0 Å². The predicted octanol–water partition coefficient (Wildman–Crippen LogP) is 4.13. The van der Waals surface area contributed by atoms with E-state index in [0.717, 1.165) is 15.9 Å². The number of para-hydroxylation sites is 1. The molecule has 0 radical (unpaired) electrons. The zero-order valence-electron chi connectivity index (χ0n) is 13.9. The van der Waals surface area contributed by atoms with Gasteiger partial charge >= 0.3 is 0 Å². The Morgan fingerprint density at radius 1 is 1.12 bits per heavy atom. The molecule has 1 amide bonds. The van der Waals surface area contributed by atoms with Gasteiger partial charge in [-0.2, -0.15) is 5.10 Å². The fourth-order valence-corrected chi connectivity index (χ4v) is 3.23. The van der Waals surface area contributed by atoms with E-state index in [2.05, 4.69) is 15.4 Å². The summed E-state index contributed by atoms with van der Waals surface area (Å²) >= 11 is 1.45. The molecular formula is C18H20N4OS. The van der Waals surface area contributed by atoms with Crippen LogP contribution >= 0.6 is 11.8 Å². The average Bonchev–Trinajstić information content (AvgIpc) is 3.03. The lowest BCUT2D eigenvalue weighted by Gasteiger charge is -2.14. The van der Waals surface area contributed by atoms with E-state index in [1.165, 1.54) is 11.8 Å². The summed E-state index contributed by atoms with van der Waals surface area (Å²) < 4.78 is 1.80. The molecule has 0 fully saturated rings. The molecule has 0 aliphatic heterocycles. The number of aromatic nitrogens is 3. The van der Waals surface area contributed by atoms with Crippen molar-refractivity contribution in [3.05, 3.63) is 48.7 Å². The first-order valence-electron chi connectivity index (χ1n) is 7.91. The number of pyridine rings is 1. The van der Waals surface area contributed by atoms with Crippen molar-refractivity contribution in [1.82, 2.24) is 14.8 Å². The summed E-state index contributed by atoms with van der Waals surface area (Å²) in [5.74, 6) is 0.659. The highest BCUT2D eigenvalue weighted by molar-refractivity contribution is 8.00. The molecule has 3 rings (SSSR count). The van der Waals surface area contributed by atoms with Crippen LogP contribution in [0.5, 0.6) is 0 Å². The minimum atomic E-state index is -0.255. The van der Waals surface area contributed by atoms with Crippen LogP contribution in [0.2, 0.25) is 0 Å². The molecule has 1 atom stereocenters. The Balaban J connectivity index is 1.70. The Kier molecular flexibility index (Phi) is 4.85. The van der Waals surface area contributed by atoms with Gasteiger partial charge < -0.3 is 5.32 Å². The van der Waals surface area contributed by atoms with Crippen LogP contribution in [0, 0.1) is 0 Å². The van der Waals surface area contributed by atoms with E-state index in [4.69, 9.17) is 0 Å². The number of benzene rings is 1. The van der Waals surface area contributed by atoms with E-state index in [1.807, 2.05) is 63.2 Å². The van der Waals surface area contributed by atoms with Crippen molar-refractivity contribution in [1.29, 1.82) is 0 Å². The molecule has 0 saturated carbocycles. The lowest BCUT2D eigenvalue weighted by atomic mass is 10.2. The van der Waals surface area contributed by atoms with Crippen LogP contribution in [0.25, 0.3) is 10.9 Å². The van der Waals surface area contributed by atoms with Gasteiger partial charge in [0.05, 0.1) is 22.0 Å². The number of anilines is 1. The molecule has 124 valence electrons. The summed E-state index contributed by atoms with van der Waals surface area (Å²) in [5, 5.41) is 8.85. The summed E-state index contributed by atoms with van der Waals surface area (Å²) in [5.41, 5.74) is 0.938. The Morgan fingerprint density at radius 3 is 2.71 bits per heavy atom. The third-order valence-electron chi connectivity index (χ3n) is 3.65. The zero-order valence-corrected chi connectivity index (χ0v) is 14.7. The Bertz CT molecular complexity index is 859. The number of fused-ring (bicyclic) bond motifs is 1. The van der Waals surface area contributed by atoms with E-state index < -0.39 is 0 Å². The smallest absolute Gasteiger partial charge is 0.238 e. The molecule has 0 bridgehead atoms. The van der Waals surface area contributed by atoms with Crippen molar-refractivity contribution in [2.45, 2.75) is 37.1 Å². The second kappa shape index (κ2) is 7.05. The molecule has 6 heteroatoms. The van der Waals surface area contributed by atoms with Crippen LogP contribution in [0.3, 0.4) is 0 Å². The summed E-state index contributed by atoms with van der Waals surface area (Å²) in [7, 11) is 0. The maximum Gasteiger partial charge on any atom is 0.238 e. The van der Waals surface area contributed by atoms with Gasteiger partial charge in [-0.25, -0.2) is 9.67 Å². The van der Waals surface area contributed by atoms with Crippen molar-refractivity contribution in [3.63, 3.8) is 0 Å². The molecule has 24 heavy (non-hydrogen) atoms. The van der Waals surface area contributed by atoms with Crippen molar-refractivity contribution >= 4 is 34.4 Å². The van der Waals surface area contributed by atoms with Gasteiger partial charge in [-0.15, -0.1) is 0 Å². The quantitative estimate of drug-likeness (QED) is 0.709. The lowest BCUT2D eigenvalue weighted by molar-refractivity contribution is -0.115. The van der Waals surface area contributed by atoms with Crippen LogP contribution < -0.4 is 5.32 Å². The number of carbonyl (C=O) groups excluding carboxylic acids is 1. The van der Waals surface area contributed by atoms with Crippen molar-refractivity contribution in [2.75, 3.05) is 5.32 Å². The highest BCUT2D eigenvalue weighted by Gasteiger charge is 2.17. The molecule has 3 aromatic rings. The standard InChI is InChI=1S/C18H20N4OS/c1-12(2)22-16(10-11-19-22)21-18(23)13(3)24-17-9-8-14-6-4-5-7-15(14)20-17/h4-13H,1-3H3,(H,21,23). The van der Waals surface area contributed by atoms with Crippen LogP contribution in [0.1, 0.15) is 26.8 Å². The monoisotopic (exact) mass is 340 g/mol. The number of hydrogen-bond donors (Lipinski definition) is 1. The molecule has 0 aliphatic carbocycles. The van der Waals surface area contributed by atoms with Crippen LogP contribution in [0.4, 0.5) is 5.82 Å². The van der Waals surface area contributed by atoms with Crippen LogP contribution in [-0.4, -0.2) is 25.9 Å². The van der Waals surface area contributed by atoms with E-state index in [0.29, 0.717) is 5.82 Å². The van der Waals surface area contributed by atoms with Crippen LogP contribution in [-0.2, 0) is 4.79 Å². The Labute approximate surface area is 145 Å². The fraction of sp³-hybridized carbons (Fsp3) is 0.278. The minimum absolute atomic E-state index is 0.0580. The lowest BCUT2D eigenvalue weighted by Crippen LogP contribution is -2.24. The maximum atomic E-state index is 12.5. The van der Waals surface area contributed by atoms with Crippen molar-refractivity contribution < 1.29 is 4.79 Å². The van der Waals surface area contributed by atoms with Gasteiger partial charge in [0.2, 0.25) is 5.91 Å². The number of hydrogen-bond acceptors (Lipinski definition) is 4. The second-order valence-electron chi connectivity index (χ2n) is 5.85. The van der Waals surface area contributed by atoms with Crippen molar-refractivity contribution in [3.8, 4) is 0 Å². The Morgan fingerprint density at radius 2 is 1.92 bits per heavy atom. The number of rotatable bonds is 5. The number of nitrogens with one attached hydrogen (secondary N) is 1. The third kappa shape index (κ3) is 3.59. The molecule has 2 aromatic heterocycles. The van der Waals surface area contributed by atoms with Gasteiger partial charge in [-0.3, -0.25) is 4.79 Å². The number of amides is 1. The van der Waals surface area contributed by atoms with E-state index in [-0.39, 0.29) is 17.2 Å². The maximum absolute atomic E-state index is 12.5. The van der Waals surface area contributed by atoms with Gasteiger partial charge in [0.1, 0.15) is 5.82 Å². The molecule has 0 spiro atoms. The molecule has 2 heterocycles. The molecule has 1 N–H and O–H groups in total. The SMILES string of the molecule is CC(Sc1ccc2ccccc2n1)C(=O)Nc1ccnn1C(C)C. The normalized spacial score (nSPS) is 12.5. The van der Waals surface area contributed by atoms with Crippen molar-refractivity contribution in [2.24, 2.45) is 0 Å². The zero-order chi connectivity index (χ0) is 17.1. The van der Waals surface area contributed by atoms with Gasteiger partial charge in [-0.1, -0.05) is 36.0 Å². The molecule has 0 aliphatic rings. The van der Waals surface area contributed by atoms with E-state index in [9.17, 15) is 4.79 Å². The molecular weight excluding hydrogens is 320 g/mol. The van der Waals surface area contributed by atoms with E-state index >= 15 is 0 Å². The van der Waals surface area contributed by atoms with Gasteiger partial charge in [0, 0.05) is 17.5 Å². The highest BCUT2D eigenvalue weighted by Crippen LogP contribution is 2.25. The van der Waals surface area contributed by atoms with Gasteiger partial charge in [-0.05, 0) is 32.9 Å². The third-order valence-corrected chi connectivity index (χ3v) is 4.69. The largest absolute Gasteiger partial charge is 0.310 e. The molecule has 0 saturated heterocycles. The first kappa shape index (κ1) is 16.5. The summed E-state index contributed by atoms with van der Waals surface area (Å²) in [6.07, 6.45) is 1.69. The number of carbonyl (C=O) groups is 1. The molecule has 1 aromatic carbocycles. The van der Waals surface area contributed by atoms with E-state index in [1.54, 1.807) is 10.9 Å². The average molecular weight is 340 g/mol. The Hall–Kier alpha value is -2.34. The number of thioether (sulfide) groups is 1. The summed E-state index contributed by atoms with van der Waals surface area (Å²) in [4.78, 5) is 17.1. The summed E-state index contributed by atoms with van der Waals surface area (Å²) in [6, 6.07) is 13.9. The van der Waals surface area contributed by atoms with Gasteiger partial charge in [0.15, 0.2) is 0 Å². The summed E-state index contributed by atoms with van der Waals surface area (Å²) in [6.45, 7) is 5.94. The molecule has 1 unspecified atom stereocenters.